The van der Waals surface area contributed by atoms with Gasteiger partial charge in [0.2, 0.25) is 5.91 Å². The number of carbonyl (C=O) groups is 2. The molecule has 0 aliphatic heterocycles. The van der Waals surface area contributed by atoms with E-state index >= 15 is 0 Å². The van der Waals surface area contributed by atoms with Crippen molar-refractivity contribution in [2.75, 3.05) is 10.6 Å². The van der Waals surface area contributed by atoms with Gasteiger partial charge in [-0.1, -0.05) is 35.9 Å². The van der Waals surface area contributed by atoms with Crippen molar-refractivity contribution in [3.8, 4) is 0 Å². The van der Waals surface area contributed by atoms with E-state index in [0.29, 0.717) is 27.7 Å². The van der Waals surface area contributed by atoms with Gasteiger partial charge < -0.3 is 15.1 Å². The third-order valence-electron chi connectivity index (χ3n) is 5.80. The highest BCUT2D eigenvalue weighted by atomic mass is 35.5. The first-order valence-corrected chi connectivity index (χ1v) is 12.5. The predicted molar refractivity (Wildman–Crippen MR) is 138 cm³/mol. The molecule has 1 saturated carbocycles. The maximum atomic E-state index is 13.3. The van der Waals surface area contributed by atoms with E-state index < -0.39 is 0 Å². The second kappa shape index (κ2) is 9.57. The Balaban J connectivity index is 1.40. The molecule has 0 radical (unpaired) electrons. The maximum Gasteiger partial charge on any atom is 0.291 e. The lowest BCUT2D eigenvalue weighted by atomic mass is 10.1. The smallest absolute Gasteiger partial charge is 0.291 e. The van der Waals surface area contributed by atoms with Crippen molar-refractivity contribution < 1.29 is 14.0 Å². The summed E-state index contributed by atoms with van der Waals surface area (Å²) >= 11 is 7.62. The largest absolute Gasteiger partial charge is 0.451 e. The van der Waals surface area contributed by atoms with Crippen LogP contribution in [-0.2, 0) is 10.5 Å². The molecule has 3 aromatic carbocycles. The van der Waals surface area contributed by atoms with Gasteiger partial charge in [-0.15, -0.1) is 11.8 Å². The lowest BCUT2D eigenvalue weighted by molar-refractivity contribution is -0.117. The van der Waals surface area contributed by atoms with Crippen molar-refractivity contribution in [1.82, 2.24) is 0 Å². The van der Waals surface area contributed by atoms with Gasteiger partial charge in [-0.25, -0.2) is 0 Å². The average Bonchev–Trinajstić information content (AvgIpc) is 3.62. The molecule has 1 aliphatic rings. The van der Waals surface area contributed by atoms with Gasteiger partial charge in [-0.2, -0.15) is 0 Å². The molecule has 5 rings (SSSR count). The highest BCUT2D eigenvalue weighted by molar-refractivity contribution is 7.98. The monoisotopic (exact) mass is 490 g/mol. The third kappa shape index (κ3) is 4.98. The molecule has 34 heavy (non-hydrogen) atoms. The van der Waals surface area contributed by atoms with Crippen LogP contribution in [0.3, 0.4) is 0 Å². The maximum absolute atomic E-state index is 13.3. The number of aryl methyl sites for hydroxylation is 1. The standard InChI is InChI=1S/C27H23ClN2O3S/c1-16-6-11-19(29-26(31)17-7-8-17)14-23(16)30-27(32)25-22(21-4-2-3-5-24(21)33-25)15-34-20-12-9-18(28)10-13-20/h2-6,9-14,17H,7-8,15H2,1H3,(H,29,31)(H,30,32). The SMILES string of the molecule is Cc1ccc(NC(=O)C2CC2)cc1NC(=O)c1oc2ccccc2c1CSc1ccc(Cl)cc1. The Hall–Kier alpha value is -3.22. The fraction of sp³-hybridized carbons (Fsp3) is 0.185. The van der Waals surface area contributed by atoms with Crippen molar-refractivity contribution in [2.45, 2.75) is 30.4 Å². The number of para-hydroxylation sites is 1. The number of anilines is 2. The van der Waals surface area contributed by atoms with Crippen LogP contribution in [0.1, 0.15) is 34.5 Å². The fourth-order valence-electron chi connectivity index (χ4n) is 3.72. The minimum absolute atomic E-state index is 0.0277. The lowest BCUT2D eigenvalue weighted by Crippen LogP contribution is -2.16. The third-order valence-corrected chi connectivity index (χ3v) is 7.09. The second-order valence-corrected chi connectivity index (χ2v) is 9.88. The Morgan fingerprint density at radius 2 is 1.79 bits per heavy atom. The van der Waals surface area contributed by atoms with Gasteiger partial charge in [-0.05, 0) is 67.8 Å². The van der Waals surface area contributed by atoms with Crippen LogP contribution in [0.15, 0.2) is 76.0 Å². The molecule has 7 heteroatoms. The van der Waals surface area contributed by atoms with Crippen molar-refractivity contribution in [3.63, 3.8) is 0 Å². The molecule has 0 atom stereocenters. The lowest BCUT2D eigenvalue weighted by Gasteiger charge is -2.11. The molecule has 1 fully saturated rings. The van der Waals surface area contributed by atoms with Crippen molar-refractivity contribution in [2.24, 2.45) is 5.92 Å². The normalized spacial score (nSPS) is 13.1. The molecular formula is C27H23ClN2O3S. The molecule has 1 aromatic heterocycles. The summed E-state index contributed by atoms with van der Waals surface area (Å²) in [5.41, 5.74) is 3.70. The number of thioether (sulfide) groups is 1. The van der Waals surface area contributed by atoms with E-state index in [0.717, 1.165) is 34.3 Å². The van der Waals surface area contributed by atoms with E-state index in [1.54, 1.807) is 17.8 Å². The van der Waals surface area contributed by atoms with Crippen LogP contribution >= 0.6 is 23.4 Å². The molecule has 5 nitrogen and oxygen atoms in total. The Morgan fingerprint density at radius 3 is 2.56 bits per heavy atom. The topological polar surface area (TPSA) is 71.3 Å². The minimum atomic E-state index is -0.323. The molecule has 0 unspecified atom stereocenters. The first-order chi connectivity index (χ1) is 16.5. The Labute approximate surface area is 206 Å². The molecule has 0 saturated heterocycles. The van der Waals surface area contributed by atoms with Crippen LogP contribution < -0.4 is 10.6 Å². The number of nitrogens with one attached hydrogen (secondary N) is 2. The second-order valence-electron chi connectivity index (χ2n) is 8.40. The summed E-state index contributed by atoms with van der Waals surface area (Å²) in [6.45, 7) is 1.91. The van der Waals surface area contributed by atoms with E-state index in [1.807, 2.05) is 67.6 Å². The van der Waals surface area contributed by atoms with E-state index in [1.165, 1.54) is 0 Å². The molecule has 2 amide bonds. The summed E-state index contributed by atoms with van der Waals surface area (Å²) in [6.07, 6.45) is 1.87. The van der Waals surface area contributed by atoms with Crippen LogP contribution in [-0.4, -0.2) is 11.8 Å². The zero-order valence-corrected chi connectivity index (χ0v) is 20.1. The first-order valence-electron chi connectivity index (χ1n) is 11.1. The Bertz CT molecular complexity index is 1380. The number of rotatable bonds is 7. The van der Waals surface area contributed by atoms with Crippen LogP contribution in [0.2, 0.25) is 5.02 Å². The van der Waals surface area contributed by atoms with Crippen LogP contribution in [0.25, 0.3) is 11.0 Å². The molecule has 1 heterocycles. The minimum Gasteiger partial charge on any atom is -0.451 e. The van der Waals surface area contributed by atoms with Gasteiger partial charge in [0.15, 0.2) is 5.76 Å². The summed E-state index contributed by atoms with van der Waals surface area (Å²) in [5.74, 6) is 0.666. The van der Waals surface area contributed by atoms with Gasteiger partial charge in [0.1, 0.15) is 5.58 Å². The average molecular weight is 491 g/mol. The van der Waals surface area contributed by atoms with Gasteiger partial charge in [-0.3, -0.25) is 9.59 Å². The fourth-order valence-corrected chi connectivity index (χ4v) is 4.77. The molecule has 0 bridgehead atoms. The van der Waals surface area contributed by atoms with E-state index in [9.17, 15) is 9.59 Å². The van der Waals surface area contributed by atoms with Gasteiger partial charge >= 0.3 is 0 Å². The highest BCUT2D eigenvalue weighted by Crippen LogP contribution is 2.34. The number of amides is 2. The van der Waals surface area contributed by atoms with E-state index in [2.05, 4.69) is 10.6 Å². The zero-order chi connectivity index (χ0) is 23.7. The number of hydrogen-bond donors (Lipinski definition) is 2. The summed E-state index contributed by atoms with van der Waals surface area (Å²) in [6, 6.07) is 20.8. The van der Waals surface area contributed by atoms with E-state index in [-0.39, 0.29) is 23.5 Å². The zero-order valence-electron chi connectivity index (χ0n) is 18.6. The Morgan fingerprint density at radius 1 is 1.03 bits per heavy atom. The molecular weight excluding hydrogens is 468 g/mol. The summed E-state index contributed by atoms with van der Waals surface area (Å²) in [7, 11) is 0. The number of benzene rings is 3. The van der Waals surface area contributed by atoms with Crippen LogP contribution in [0, 0.1) is 12.8 Å². The number of furan rings is 1. The summed E-state index contributed by atoms with van der Waals surface area (Å²) < 4.78 is 6.00. The number of halogens is 1. The molecule has 0 spiro atoms. The van der Waals surface area contributed by atoms with Gasteiger partial charge in [0, 0.05) is 43.9 Å². The molecule has 4 aromatic rings. The molecule has 172 valence electrons. The van der Waals surface area contributed by atoms with Crippen LogP contribution in [0.4, 0.5) is 11.4 Å². The first kappa shape index (κ1) is 22.6. The number of carbonyl (C=O) groups excluding carboxylic acids is 2. The van der Waals surface area contributed by atoms with Crippen molar-refractivity contribution >= 4 is 57.5 Å². The molecule has 1 aliphatic carbocycles. The van der Waals surface area contributed by atoms with Crippen LogP contribution in [0.5, 0.6) is 0 Å². The van der Waals surface area contributed by atoms with E-state index in [4.69, 9.17) is 16.0 Å². The highest BCUT2D eigenvalue weighted by Gasteiger charge is 2.29. The molecule has 2 N–H and O–H groups in total. The van der Waals surface area contributed by atoms with Crippen molar-refractivity contribution in [3.05, 3.63) is 88.6 Å². The van der Waals surface area contributed by atoms with Gasteiger partial charge in [0.25, 0.3) is 5.91 Å². The quantitative estimate of drug-likeness (QED) is 0.267. The Kier molecular flexibility index (Phi) is 6.35. The summed E-state index contributed by atoms with van der Waals surface area (Å²) in [5, 5.41) is 7.51. The van der Waals surface area contributed by atoms with Crippen molar-refractivity contribution in [1.29, 1.82) is 0 Å². The predicted octanol–water partition coefficient (Wildman–Crippen LogP) is 7.29. The number of hydrogen-bond acceptors (Lipinski definition) is 4. The summed E-state index contributed by atoms with van der Waals surface area (Å²) in [4.78, 5) is 26.5. The number of fused-ring (bicyclic) bond motifs is 1. The van der Waals surface area contributed by atoms with Gasteiger partial charge in [0.05, 0.1) is 0 Å².